The average molecular weight is 291 g/mol. The second kappa shape index (κ2) is 6.03. The first-order valence-corrected chi connectivity index (χ1v) is 6.60. The van der Waals surface area contributed by atoms with Gasteiger partial charge >= 0.3 is 0 Å². The molecular weight excluding hydrogens is 276 g/mol. The lowest BCUT2D eigenvalue weighted by molar-refractivity contribution is -0.385. The summed E-state index contributed by atoms with van der Waals surface area (Å²) >= 11 is 5.98. The summed E-state index contributed by atoms with van der Waals surface area (Å²) in [6, 6.07) is 11.9. The number of benzene rings is 2. The molecule has 0 spiro atoms. The minimum Gasteiger partial charge on any atom is -0.324 e. The van der Waals surface area contributed by atoms with E-state index in [0.29, 0.717) is 17.0 Å². The summed E-state index contributed by atoms with van der Waals surface area (Å²) in [6.45, 7) is 1.95. The predicted molar refractivity (Wildman–Crippen MR) is 79.9 cm³/mol. The van der Waals surface area contributed by atoms with E-state index < -0.39 is 0 Å². The number of rotatable bonds is 4. The maximum Gasteiger partial charge on any atom is 0.272 e. The molecule has 0 aromatic heterocycles. The summed E-state index contributed by atoms with van der Waals surface area (Å²) in [5, 5.41) is 11.6. The molecule has 104 valence electrons. The fourth-order valence-electron chi connectivity index (χ4n) is 2.22. The first kappa shape index (κ1) is 14.5. The van der Waals surface area contributed by atoms with Crippen molar-refractivity contribution in [1.29, 1.82) is 0 Å². The van der Waals surface area contributed by atoms with Gasteiger partial charge in [-0.3, -0.25) is 10.1 Å². The number of nitro groups is 1. The van der Waals surface area contributed by atoms with Crippen LogP contribution in [0.2, 0.25) is 5.02 Å². The molecule has 1 atom stereocenters. The third-order valence-corrected chi connectivity index (χ3v) is 3.50. The Balaban J connectivity index is 2.30. The predicted octanol–water partition coefficient (Wildman–Crippen LogP) is 3.80. The average Bonchev–Trinajstić information content (AvgIpc) is 2.41. The van der Waals surface area contributed by atoms with E-state index in [-0.39, 0.29) is 16.7 Å². The minimum atomic E-state index is -0.382. The number of para-hydroxylation sites is 1. The number of aryl methyl sites for hydroxylation is 1. The van der Waals surface area contributed by atoms with Crippen molar-refractivity contribution in [1.82, 2.24) is 0 Å². The molecule has 2 aromatic rings. The van der Waals surface area contributed by atoms with E-state index in [0.717, 1.165) is 11.1 Å². The van der Waals surface area contributed by atoms with Crippen molar-refractivity contribution in [2.45, 2.75) is 19.4 Å². The highest BCUT2D eigenvalue weighted by molar-refractivity contribution is 6.30. The third-order valence-electron chi connectivity index (χ3n) is 3.27. The lowest BCUT2D eigenvalue weighted by Gasteiger charge is -2.15. The molecule has 2 N–H and O–H groups in total. The van der Waals surface area contributed by atoms with Crippen LogP contribution in [0.25, 0.3) is 0 Å². The van der Waals surface area contributed by atoms with Crippen molar-refractivity contribution in [3.8, 4) is 0 Å². The van der Waals surface area contributed by atoms with Gasteiger partial charge in [0.1, 0.15) is 0 Å². The molecule has 0 radical (unpaired) electrons. The Morgan fingerprint density at radius 3 is 2.70 bits per heavy atom. The maximum atomic E-state index is 11.0. The smallest absolute Gasteiger partial charge is 0.272 e. The second-order valence-corrected chi connectivity index (χ2v) is 5.13. The molecule has 0 amide bonds. The third kappa shape index (κ3) is 3.15. The molecule has 1 unspecified atom stereocenters. The Labute approximate surface area is 122 Å². The molecule has 2 rings (SSSR count). The van der Waals surface area contributed by atoms with E-state index in [2.05, 4.69) is 0 Å². The monoisotopic (exact) mass is 290 g/mol. The summed E-state index contributed by atoms with van der Waals surface area (Å²) in [5.74, 6) is 0. The lowest BCUT2D eigenvalue weighted by atomic mass is 9.95. The second-order valence-electron chi connectivity index (χ2n) is 4.70. The molecule has 0 heterocycles. The first-order chi connectivity index (χ1) is 9.49. The van der Waals surface area contributed by atoms with Gasteiger partial charge in [-0.25, -0.2) is 0 Å². The van der Waals surface area contributed by atoms with Gasteiger partial charge in [0.2, 0.25) is 0 Å². The van der Waals surface area contributed by atoms with Gasteiger partial charge in [-0.2, -0.15) is 0 Å². The van der Waals surface area contributed by atoms with Crippen LogP contribution in [-0.4, -0.2) is 4.92 Å². The molecule has 0 fully saturated rings. The summed E-state index contributed by atoms with van der Waals surface area (Å²) in [6.07, 6.45) is 0.401. The highest BCUT2D eigenvalue weighted by Gasteiger charge is 2.17. The quantitative estimate of drug-likeness (QED) is 0.688. The van der Waals surface area contributed by atoms with Gasteiger partial charge in [-0.15, -0.1) is 0 Å². The highest BCUT2D eigenvalue weighted by atomic mass is 35.5. The molecule has 0 aliphatic heterocycles. The molecule has 0 saturated carbocycles. The van der Waals surface area contributed by atoms with Crippen LogP contribution in [0, 0.1) is 17.0 Å². The SMILES string of the molecule is Cc1ccc(Cl)cc1C(N)Cc1ccccc1[N+](=O)[O-]. The fraction of sp³-hybridized carbons (Fsp3) is 0.200. The Morgan fingerprint density at radius 2 is 2.00 bits per heavy atom. The Morgan fingerprint density at radius 1 is 1.30 bits per heavy atom. The molecule has 20 heavy (non-hydrogen) atoms. The zero-order valence-corrected chi connectivity index (χ0v) is 11.8. The first-order valence-electron chi connectivity index (χ1n) is 6.23. The summed E-state index contributed by atoms with van der Waals surface area (Å²) in [7, 11) is 0. The maximum absolute atomic E-state index is 11.0. The molecule has 2 aromatic carbocycles. The fourth-order valence-corrected chi connectivity index (χ4v) is 2.40. The van der Waals surface area contributed by atoms with Gasteiger partial charge in [0.05, 0.1) is 4.92 Å². The topological polar surface area (TPSA) is 69.2 Å². The summed E-state index contributed by atoms with van der Waals surface area (Å²) in [4.78, 5) is 10.6. The van der Waals surface area contributed by atoms with Crippen molar-refractivity contribution in [2.75, 3.05) is 0 Å². The Bertz CT molecular complexity index is 644. The van der Waals surface area contributed by atoms with E-state index in [1.807, 2.05) is 19.1 Å². The normalized spacial score (nSPS) is 12.2. The van der Waals surface area contributed by atoms with Crippen molar-refractivity contribution >= 4 is 17.3 Å². The molecule has 0 aliphatic carbocycles. The van der Waals surface area contributed by atoms with E-state index in [9.17, 15) is 10.1 Å². The van der Waals surface area contributed by atoms with Crippen molar-refractivity contribution < 1.29 is 4.92 Å². The van der Waals surface area contributed by atoms with Gasteiger partial charge in [0.25, 0.3) is 5.69 Å². The van der Waals surface area contributed by atoms with Crippen molar-refractivity contribution in [3.05, 3.63) is 74.3 Å². The van der Waals surface area contributed by atoms with E-state index in [1.165, 1.54) is 6.07 Å². The van der Waals surface area contributed by atoms with Gasteiger partial charge in [-0.05, 0) is 36.6 Å². The van der Waals surface area contributed by atoms with Gasteiger partial charge in [0, 0.05) is 22.7 Å². The number of nitrogens with two attached hydrogens (primary N) is 1. The molecule has 5 heteroatoms. The summed E-state index contributed by atoms with van der Waals surface area (Å²) < 4.78 is 0. The van der Waals surface area contributed by atoms with Crippen LogP contribution < -0.4 is 5.73 Å². The van der Waals surface area contributed by atoms with Crippen molar-refractivity contribution in [2.24, 2.45) is 5.73 Å². The van der Waals surface area contributed by atoms with E-state index >= 15 is 0 Å². The molecule has 0 bridgehead atoms. The van der Waals surface area contributed by atoms with Crippen LogP contribution >= 0.6 is 11.6 Å². The number of halogens is 1. The number of hydrogen-bond acceptors (Lipinski definition) is 3. The Kier molecular flexibility index (Phi) is 4.37. The molecule has 0 aliphatic rings. The van der Waals surface area contributed by atoms with Gasteiger partial charge < -0.3 is 5.73 Å². The number of hydrogen-bond donors (Lipinski definition) is 1. The summed E-state index contributed by atoms with van der Waals surface area (Å²) in [5.41, 5.74) is 8.85. The molecule has 0 saturated heterocycles. The zero-order chi connectivity index (χ0) is 14.7. The van der Waals surface area contributed by atoms with Crippen LogP contribution in [0.3, 0.4) is 0 Å². The van der Waals surface area contributed by atoms with E-state index in [4.69, 9.17) is 17.3 Å². The van der Waals surface area contributed by atoms with Crippen LogP contribution in [0.5, 0.6) is 0 Å². The van der Waals surface area contributed by atoms with Crippen LogP contribution in [0.4, 0.5) is 5.69 Å². The largest absolute Gasteiger partial charge is 0.324 e. The Hall–Kier alpha value is -1.91. The van der Waals surface area contributed by atoms with Crippen LogP contribution in [-0.2, 0) is 6.42 Å². The lowest BCUT2D eigenvalue weighted by Crippen LogP contribution is -2.15. The molecular formula is C15H15ClN2O2. The standard InChI is InChI=1S/C15H15ClN2O2/c1-10-6-7-12(16)9-13(10)14(17)8-11-4-2-3-5-15(11)18(19)20/h2-7,9,14H,8,17H2,1H3. The van der Waals surface area contributed by atoms with Gasteiger partial charge in [0.15, 0.2) is 0 Å². The zero-order valence-electron chi connectivity index (χ0n) is 11.0. The van der Waals surface area contributed by atoms with Crippen LogP contribution in [0.15, 0.2) is 42.5 Å². The van der Waals surface area contributed by atoms with E-state index in [1.54, 1.807) is 24.3 Å². The van der Waals surface area contributed by atoms with Crippen molar-refractivity contribution in [3.63, 3.8) is 0 Å². The molecule has 4 nitrogen and oxygen atoms in total. The minimum absolute atomic E-state index is 0.0997. The number of nitrogens with zero attached hydrogens (tertiary/aromatic N) is 1. The highest BCUT2D eigenvalue weighted by Crippen LogP contribution is 2.26. The van der Waals surface area contributed by atoms with Crippen LogP contribution in [0.1, 0.15) is 22.7 Å². The van der Waals surface area contributed by atoms with Gasteiger partial charge in [-0.1, -0.05) is 35.9 Å². The number of nitro benzene ring substituents is 1.